The molecule has 0 amide bonds. The van der Waals surface area contributed by atoms with Crippen LogP contribution in [0.3, 0.4) is 0 Å². The van der Waals surface area contributed by atoms with Crippen LogP contribution >= 0.6 is 11.8 Å². The molecule has 0 bridgehead atoms. The average molecular weight is 274 g/mol. The zero-order valence-electron chi connectivity index (χ0n) is 11.0. The lowest BCUT2D eigenvalue weighted by Crippen LogP contribution is -1.95. The number of rotatable bonds is 6. The molecule has 0 spiro atoms. The number of aromatic nitrogens is 1. The maximum Gasteiger partial charge on any atom is 0.120 e. The molecule has 0 radical (unpaired) electrons. The standard InChI is InChI=1S/C15H18N2OS/c1-2-18-13-5-6-14(16)15(10-13)19-9-7-12-4-3-8-17-11-12/h3-6,8,10-11H,2,7,9,16H2,1H3. The quantitative estimate of drug-likeness (QED) is 0.648. The number of benzene rings is 1. The fourth-order valence-electron chi connectivity index (χ4n) is 1.72. The Labute approximate surface area is 118 Å². The number of hydrogen-bond donors (Lipinski definition) is 1. The van der Waals surface area contributed by atoms with E-state index in [1.807, 2.05) is 37.4 Å². The van der Waals surface area contributed by atoms with Gasteiger partial charge in [0.1, 0.15) is 5.75 Å². The molecule has 0 aliphatic rings. The van der Waals surface area contributed by atoms with Crippen molar-refractivity contribution in [1.82, 2.24) is 4.98 Å². The minimum absolute atomic E-state index is 0.670. The minimum atomic E-state index is 0.670. The maximum atomic E-state index is 5.98. The van der Waals surface area contributed by atoms with E-state index >= 15 is 0 Å². The number of hydrogen-bond acceptors (Lipinski definition) is 4. The zero-order valence-corrected chi connectivity index (χ0v) is 11.8. The molecule has 4 heteroatoms. The van der Waals surface area contributed by atoms with Gasteiger partial charge >= 0.3 is 0 Å². The van der Waals surface area contributed by atoms with Crippen LogP contribution in [0.25, 0.3) is 0 Å². The van der Waals surface area contributed by atoms with Crippen molar-refractivity contribution in [2.75, 3.05) is 18.1 Å². The molecule has 1 aromatic heterocycles. The monoisotopic (exact) mass is 274 g/mol. The second-order valence-corrected chi connectivity index (χ2v) is 5.23. The van der Waals surface area contributed by atoms with Crippen LogP contribution in [0.5, 0.6) is 5.75 Å². The summed E-state index contributed by atoms with van der Waals surface area (Å²) in [5.74, 6) is 1.85. The van der Waals surface area contributed by atoms with Crippen LogP contribution in [0.1, 0.15) is 12.5 Å². The Morgan fingerprint density at radius 3 is 2.95 bits per heavy atom. The van der Waals surface area contributed by atoms with Gasteiger partial charge in [-0.05, 0) is 43.2 Å². The van der Waals surface area contributed by atoms with E-state index in [0.717, 1.165) is 28.5 Å². The first-order valence-corrected chi connectivity index (χ1v) is 7.32. The highest BCUT2D eigenvalue weighted by Gasteiger charge is 2.03. The number of thioether (sulfide) groups is 1. The zero-order chi connectivity index (χ0) is 13.5. The topological polar surface area (TPSA) is 48.1 Å². The van der Waals surface area contributed by atoms with Gasteiger partial charge in [-0.15, -0.1) is 11.8 Å². The lowest BCUT2D eigenvalue weighted by molar-refractivity contribution is 0.339. The SMILES string of the molecule is CCOc1ccc(N)c(SCCc2cccnc2)c1. The summed E-state index contributed by atoms with van der Waals surface area (Å²) in [6, 6.07) is 9.87. The lowest BCUT2D eigenvalue weighted by atomic mass is 10.2. The lowest BCUT2D eigenvalue weighted by Gasteiger charge is -2.09. The molecule has 0 saturated carbocycles. The minimum Gasteiger partial charge on any atom is -0.494 e. The Morgan fingerprint density at radius 2 is 2.21 bits per heavy atom. The van der Waals surface area contributed by atoms with E-state index in [2.05, 4.69) is 11.1 Å². The fourth-order valence-corrected chi connectivity index (χ4v) is 2.71. The molecule has 2 aromatic rings. The van der Waals surface area contributed by atoms with Gasteiger partial charge in [-0.1, -0.05) is 6.07 Å². The summed E-state index contributed by atoms with van der Waals surface area (Å²) in [6.45, 7) is 2.65. The van der Waals surface area contributed by atoms with Crippen molar-refractivity contribution in [1.29, 1.82) is 0 Å². The van der Waals surface area contributed by atoms with Crippen LogP contribution in [0, 0.1) is 0 Å². The molecular weight excluding hydrogens is 256 g/mol. The number of nitrogens with two attached hydrogens (primary N) is 1. The van der Waals surface area contributed by atoms with E-state index in [1.54, 1.807) is 18.0 Å². The van der Waals surface area contributed by atoms with Crippen molar-refractivity contribution in [3.05, 3.63) is 48.3 Å². The van der Waals surface area contributed by atoms with Gasteiger partial charge in [0.25, 0.3) is 0 Å². The number of anilines is 1. The van der Waals surface area contributed by atoms with E-state index in [1.165, 1.54) is 5.56 Å². The van der Waals surface area contributed by atoms with Crippen molar-refractivity contribution in [2.24, 2.45) is 0 Å². The summed E-state index contributed by atoms with van der Waals surface area (Å²) in [7, 11) is 0. The molecule has 0 fully saturated rings. The molecule has 0 saturated heterocycles. The first-order valence-electron chi connectivity index (χ1n) is 6.33. The van der Waals surface area contributed by atoms with Crippen LogP contribution in [-0.4, -0.2) is 17.3 Å². The number of pyridine rings is 1. The van der Waals surface area contributed by atoms with Crippen LogP contribution in [0.15, 0.2) is 47.6 Å². The van der Waals surface area contributed by atoms with Gasteiger partial charge < -0.3 is 10.5 Å². The van der Waals surface area contributed by atoms with Crippen molar-refractivity contribution >= 4 is 17.4 Å². The van der Waals surface area contributed by atoms with Crippen molar-refractivity contribution < 1.29 is 4.74 Å². The Kier molecular flexibility index (Phi) is 5.10. The van der Waals surface area contributed by atoms with Gasteiger partial charge in [0, 0.05) is 28.7 Å². The second kappa shape index (κ2) is 7.04. The Morgan fingerprint density at radius 1 is 1.32 bits per heavy atom. The van der Waals surface area contributed by atoms with Crippen LogP contribution in [0.4, 0.5) is 5.69 Å². The van der Waals surface area contributed by atoms with Crippen molar-refractivity contribution in [2.45, 2.75) is 18.2 Å². The summed E-state index contributed by atoms with van der Waals surface area (Å²) >= 11 is 1.75. The largest absolute Gasteiger partial charge is 0.494 e. The van der Waals surface area contributed by atoms with Gasteiger partial charge in [-0.2, -0.15) is 0 Å². The van der Waals surface area contributed by atoms with Crippen LogP contribution in [-0.2, 0) is 6.42 Å². The summed E-state index contributed by atoms with van der Waals surface area (Å²) in [6.07, 6.45) is 4.68. The van der Waals surface area contributed by atoms with Gasteiger partial charge in [0.15, 0.2) is 0 Å². The second-order valence-electron chi connectivity index (χ2n) is 4.09. The van der Waals surface area contributed by atoms with Crippen LogP contribution < -0.4 is 10.5 Å². The predicted octanol–water partition coefficient (Wildman–Crippen LogP) is 3.40. The van der Waals surface area contributed by atoms with Gasteiger partial charge in [0.05, 0.1) is 6.61 Å². The van der Waals surface area contributed by atoms with Gasteiger partial charge in [0.2, 0.25) is 0 Å². The first kappa shape index (κ1) is 13.7. The summed E-state index contributed by atoms with van der Waals surface area (Å²) in [5, 5.41) is 0. The summed E-state index contributed by atoms with van der Waals surface area (Å²) in [5.41, 5.74) is 8.03. The predicted molar refractivity (Wildman–Crippen MR) is 80.7 cm³/mol. The molecule has 3 nitrogen and oxygen atoms in total. The van der Waals surface area contributed by atoms with Gasteiger partial charge in [-0.3, -0.25) is 4.98 Å². The highest BCUT2D eigenvalue weighted by Crippen LogP contribution is 2.29. The number of aryl methyl sites for hydroxylation is 1. The Balaban J connectivity index is 1.93. The number of nitrogens with zero attached hydrogens (tertiary/aromatic N) is 1. The third kappa shape index (κ3) is 4.17. The molecule has 0 atom stereocenters. The molecule has 2 N–H and O–H groups in total. The average Bonchev–Trinajstić information content (AvgIpc) is 2.44. The van der Waals surface area contributed by atoms with E-state index in [9.17, 15) is 0 Å². The van der Waals surface area contributed by atoms with Crippen molar-refractivity contribution in [3.63, 3.8) is 0 Å². The number of ether oxygens (including phenoxy) is 1. The van der Waals surface area contributed by atoms with E-state index in [4.69, 9.17) is 10.5 Å². The molecule has 100 valence electrons. The molecule has 0 aliphatic heterocycles. The highest BCUT2D eigenvalue weighted by atomic mass is 32.2. The fraction of sp³-hybridized carbons (Fsp3) is 0.267. The molecule has 0 unspecified atom stereocenters. The molecular formula is C15H18N2OS. The summed E-state index contributed by atoms with van der Waals surface area (Å²) in [4.78, 5) is 5.19. The highest BCUT2D eigenvalue weighted by molar-refractivity contribution is 7.99. The van der Waals surface area contributed by atoms with E-state index < -0.39 is 0 Å². The molecule has 19 heavy (non-hydrogen) atoms. The molecule has 1 heterocycles. The first-order chi connectivity index (χ1) is 9.29. The van der Waals surface area contributed by atoms with E-state index in [0.29, 0.717) is 6.61 Å². The molecule has 0 aliphatic carbocycles. The smallest absolute Gasteiger partial charge is 0.120 e. The molecule has 1 aromatic carbocycles. The van der Waals surface area contributed by atoms with Crippen LogP contribution in [0.2, 0.25) is 0 Å². The van der Waals surface area contributed by atoms with Gasteiger partial charge in [-0.25, -0.2) is 0 Å². The summed E-state index contributed by atoms with van der Waals surface area (Å²) < 4.78 is 5.49. The Bertz CT molecular complexity index is 517. The number of nitrogen functional groups attached to an aromatic ring is 1. The normalized spacial score (nSPS) is 10.4. The Hall–Kier alpha value is -1.68. The van der Waals surface area contributed by atoms with Crippen molar-refractivity contribution in [3.8, 4) is 5.75 Å². The molecule has 2 rings (SSSR count). The third-order valence-corrected chi connectivity index (χ3v) is 3.74. The van der Waals surface area contributed by atoms with E-state index in [-0.39, 0.29) is 0 Å². The maximum absolute atomic E-state index is 5.98. The third-order valence-electron chi connectivity index (χ3n) is 2.67.